The van der Waals surface area contributed by atoms with Crippen LogP contribution in [0.2, 0.25) is 0 Å². The van der Waals surface area contributed by atoms with Gasteiger partial charge in [-0.25, -0.2) is 0 Å². The standard InChI is InChI=1S/C16H22.2C2H6/c1-7-10-13-14(4)16(5,6)15(11-8-2)12-9-3;2*1-2/h7-13H,1-2,4H2,3,5-6H3;2*1-2H3/b12-9-,13-10-,15-11+;;. The van der Waals surface area contributed by atoms with Crippen molar-refractivity contribution >= 4 is 0 Å². The Kier molecular flexibility index (Phi) is 18.2. The molecule has 0 fully saturated rings. The van der Waals surface area contributed by atoms with E-state index in [4.69, 9.17) is 0 Å². The quantitative estimate of drug-likeness (QED) is 0.455. The van der Waals surface area contributed by atoms with Gasteiger partial charge in [0.2, 0.25) is 0 Å². The molecule has 0 heteroatoms. The van der Waals surface area contributed by atoms with Crippen LogP contribution < -0.4 is 0 Å². The van der Waals surface area contributed by atoms with Crippen molar-refractivity contribution in [2.24, 2.45) is 5.41 Å². The number of hydrogen-bond donors (Lipinski definition) is 0. The zero-order valence-electron chi connectivity index (χ0n) is 14.7. The molecule has 0 heterocycles. The summed E-state index contributed by atoms with van der Waals surface area (Å²) >= 11 is 0. The van der Waals surface area contributed by atoms with Crippen molar-refractivity contribution in [3.63, 3.8) is 0 Å². The molecule has 0 aromatic rings. The maximum atomic E-state index is 4.11. The molecular weight excluding hydrogens is 240 g/mol. The molecule has 0 aliphatic rings. The molecule has 0 N–H and O–H groups in total. The highest BCUT2D eigenvalue weighted by molar-refractivity contribution is 5.40. The first-order valence-electron chi connectivity index (χ1n) is 7.45. The Morgan fingerprint density at radius 2 is 1.40 bits per heavy atom. The Balaban J connectivity index is -0.000000656. The molecule has 20 heavy (non-hydrogen) atoms. The summed E-state index contributed by atoms with van der Waals surface area (Å²) in [4.78, 5) is 0. The highest BCUT2D eigenvalue weighted by Gasteiger charge is 2.22. The summed E-state index contributed by atoms with van der Waals surface area (Å²) in [6, 6.07) is 0. The van der Waals surface area contributed by atoms with E-state index in [9.17, 15) is 0 Å². The molecule has 0 aromatic heterocycles. The predicted octanol–water partition coefficient (Wildman–Crippen LogP) is 7.05. The van der Waals surface area contributed by atoms with Crippen molar-refractivity contribution in [1.82, 2.24) is 0 Å². The minimum atomic E-state index is -0.0970. The van der Waals surface area contributed by atoms with Crippen LogP contribution in [0.25, 0.3) is 0 Å². The third kappa shape index (κ3) is 9.38. The number of allylic oxidation sites excluding steroid dienone is 9. The van der Waals surface area contributed by atoms with Gasteiger partial charge in [0.25, 0.3) is 0 Å². The summed E-state index contributed by atoms with van der Waals surface area (Å²) in [5.41, 5.74) is 2.16. The average molecular weight is 274 g/mol. The third-order valence-corrected chi connectivity index (χ3v) is 2.60. The predicted molar refractivity (Wildman–Crippen MR) is 98.0 cm³/mol. The van der Waals surface area contributed by atoms with Crippen LogP contribution >= 0.6 is 0 Å². The second-order valence-corrected chi connectivity index (χ2v) is 4.10. The molecule has 0 aliphatic carbocycles. The topological polar surface area (TPSA) is 0 Å². The summed E-state index contributed by atoms with van der Waals surface area (Å²) in [6.07, 6.45) is 13.6. The molecule has 0 saturated heterocycles. The molecule has 0 atom stereocenters. The van der Waals surface area contributed by atoms with E-state index in [0.29, 0.717) is 0 Å². The monoisotopic (exact) mass is 274 g/mol. The fourth-order valence-electron chi connectivity index (χ4n) is 1.36. The van der Waals surface area contributed by atoms with Gasteiger partial charge in [-0.3, -0.25) is 0 Å². The van der Waals surface area contributed by atoms with Crippen LogP contribution in [0, 0.1) is 5.41 Å². The van der Waals surface area contributed by atoms with E-state index >= 15 is 0 Å². The van der Waals surface area contributed by atoms with Gasteiger partial charge in [0.15, 0.2) is 0 Å². The largest absolute Gasteiger partial charge is 0.0991 e. The first-order valence-corrected chi connectivity index (χ1v) is 7.45. The summed E-state index contributed by atoms with van der Waals surface area (Å²) in [5.74, 6) is 0. The van der Waals surface area contributed by atoms with Crippen LogP contribution in [-0.4, -0.2) is 0 Å². The average Bonchev–Trinajstić information content (AvgIpc) is 2.48. The van der Waals surface area contributed by atoms with Gasteiger partial charge in [0.05, 0.1) is 0 Å². The van der Waals surface area contributed by atoms with Gasteiger partial charge in [-0.15, -0.1) is 0 Å². The Morgan fingerprint density at radius 3 is 1.75 bits per heavy atom. The summed E-state index contributed by atoms with van der Waals surface area (Å²) < 4.78 is 0. The lowest BCUT2D eigenvalue weighted by atomic mass is 9.77. The van der Waals surface area contributed by atoms with E-state index in [1.54, 1.807) is 6.08 Å². The van der Waals surface area contributed by atoms with Gasteiger partial charge >= 0.3 is 0 Å². The smallest absolute Gasteiger partial charge is 0.0140 e. The fraction of sp³-hybridized carbons (Fsp3) is 0.400. The highest BCUT2D eigenvalue weighted by atomic mass is 14.3. The van der Waals surface area contributed by atoms with E-state index in [-0.39, 0.29) is 5.41 Å². The number of hydrogen-bond acceptors (Lipinski definition) is 0. The van der Waals surface area contributed by atoms with Crippen LogP contribution in [-0.2, 0) is 0 Å². The summed E-state index contributed by atoms with van der Waals surface area (Å²) in [7, 11) is 0. The third-order valence-electron chi connectivity index (χ3n) is 2.60. The van der Waals surface area contributed by atoms with Crippen molar-refractivity contribution in [3.05, 3.63) is 73.4 Å². The zero-order valence-corrected chi connectivity index (χ0v) is 14.7. The minimum Gasteiger partial charge on any atom is -0.0991 e. The number of rotatable bonds is 6. The normalized spacial score (nSPS) is 11.2. The Morgan fingerprint density at radius 1 is 0.900 bits per heavy atom. The molecule has 0 radical (unpaired) electrons. The van der Waals surface area contributed by atoms with E-state index in [1.165, 1.54) is 5.57 Å². The van der Waals surface area contributed by atoms with Gasteiger partial charge in [-0.1, -0.05) is 104 Å². The van der Waals surface area contributed by atoms with E-state index in [0.717, 1.165) is 5.57 Å². The van der Waals surface area contributed by atoms with Crippen molar-refractivity contribution in [3.8, 4) is 0 Å². The molecule has 0 unspecified atom stereocenters. The molecule has 0 rings (SSSR count). The van der Waals surface area contributed by atoms with Gasteiger partial charge < -0.3 is 0 Å². The molecule has 0 bridgehead atoms. The second-order valence-electron chi connectivity index (χ2n) is 4.10. The molecule has 0 spiro atoms. The van der Waals surface area contributed by atoms with Gasteiger partial charge in [0.1, 0.15) is 0 Å². The van der Waals surface area contributed by atoms with Crippen LogP contribution in [0.1, 0.15) is 48.5 Å². The first-order chi connectivity index (χ1) is 9.50. The Bertz CT molecular complexity index is 346. The Labute approximate surface area is 128 Å². The summed E-state index contributed by atoms with van der Waals surface area (Å²) in [6.45, 7) is 25.8. The van der Waals surface area contributed by atoms with E-state index < -0.39 is 0 Å². The SMILES string of the molecule is C=C/C=C\C(=C)C(C)(C)C(/C=C\C)=C/C=C.CC.CC. The van der Waals surface area contributed by atoms with Crippen molar-refractivity contribution < 1.29 is 0 Å². The Hall–Kier alpha value is -1.56. The van der Waals surface area contributed by atoms with Gasteiger partial charge in [-0.2, -0.15) is 0 Å². The van der Waals surface area contributed by atoms with Gasteiger partial charge in [-0.05, 0) is 18.1 Å². The van der Waals surface area contributed by atoms with Crippen LogP contribution in [0.15, 0.2) is 73.4 Å². The molecule has 0 saturated carbocycles. The maximum Gasteiger partial charge on any atom is 0.0140 e. The fourth-order valence-corrected chi connectivity index (χ4v) is 1.36. The van der Waals surface area contributed by atoms with E-state index in [2.05, 4.69) is 39.7 Å². The second kappa shape index (κ2) is 15.5. The molecule has 0 amide bonds. The van der Waals surface area contributed by atoms with Crippen LogP contribution in [0.5, 0.6) is 0 Å². The van der Waals surface area contributed by atoms with Crippen LogP contribution in [0.3, 0.4) is 0 Å². The zero-order chi connectivity index (χ0) is 16.6. The van der Waals surface area contributed by atoms with Crippen molar-refractivity contribution in [1.29, 1.82) is 0 Å². The van der Waals surface area contributed by atoms with Crippen LogP contribution in [0.4, 0.5) is 0 Å². The van der Waals surface area contributed by atoms with Crippen molar-refractivity contribution in [2.45, 2.75) is 48.5 Å². The first kappa shape index (κ1) is 23.5. The lowest BCUT2D eigenvalue weighted by Gasteiger charge is -2.27. The molecule has 114 valence electrons. The van der Waals surface area contributed by atoms with E-state index in [1.807, 2.05) is 65.0 Å². The summed E-state index contributed by atoms with van der Waals surface area (Å²) in [5, 5.41) is 0. The molecule has 0 aliphatic heterocycles. The lowest BCUT2D eigenvalue weighted by Crippen LogP contribution is -2.15. The highest BCUT2D eigenvalue weighted by Crippen LogP contribution is 2.35. The van der Waals surface area contributed by atoms with Crippen molar-refractivity contribution in [2.75, 3.05) is 0 Å². The minimum absolute atomic E-state index is 0.0970. The molecular formula is C20H34. The van der Waals surface area contributed by atoms with Gasteiger partial charge in [0, 0.05) is 5.41 Å². The lowest BCUT2D eigenvalue weighted by molar-refractivity contribution is 0.568. The molecule has 0 aromatic carbocycles. The maximum absolute atomic E-state index is 4.11. The molecule has 0 nitrogen and oxygen atoms in total.